The number of nitro groups is 1. The molecule has 0 radical (unpaired) electrons. The number of benzene rings is 3. The summed E-state index contributed by atoms with van der Waals surface area (Å²) in [6.45, 7) is 3.81. The van der Waals surface area contributed by atoms with Gasteiger partial charge in [0.2, 0.25) is 5.88 Å². The summed E-state index contributed by atoms with van der Waals surface area (Å²) in [4.78, 5) is 28.1. The Morgan fingerprint density at radius 2 is 1.78 bits per heavy atom. The van der Waals surface area contributed by atoms with Crippen molar-refractivity contribution in [1.82, 2.24) is 4.57 Å². The Kier molecular flexibility index (Phi) is 5.50. The Bertz CT molecular complexity index is 1470. The zero-order chi connectivity index (χ0) is 23.0. The molecule has 0 fully saturated rings. The fourth-order valence-electron chi connectivity index (χ4n) is 3.63. The zero-order valence-corrected chi connectivity index (χ0v) is 18.0. The molecule has 0 aliphatic rings. The van der Waals surface area contributed by atoms with Crippen molar-refractivity contribution in [1.29, 1.82) is 0 Å². The largest absolute Gasteiger partial charge is 0.494 e. The number of nitro benzene ring substituents is 1. The lowest BCUT2D eigenvalue weighted by molar-refractivity contribution is -0.384. The van der Waals surface area contributed by atoms with Crippen molar-refractivity contribution in [2.45, 2.75) is 13.8 Å². The van der Waals surface area contributed by atoms with Gasteiger partial charge in [0, 0.05) is 23.1 Å². The molecule has 1 N–H and O–H groups in total. The second kappa shape index (κ2) is 8.28. The van der Waals surface area contributed by atoms with Gasteiger partial charge in [-0.1, -0.05) is 47.5 Å². The number of hydrogen-bond acceptors (Lipinski definition) is 5. The summed E-state index contributed by atoms with van der Waals surface area (Å²) in [5, 5.41) is 23.2. The van der Waals surface area contributed by atoms with Crippen molar-refractivity contribution in [3.8, 4) is 11.6 Å². The summed E-state index contributed by atoms with van der Waals surface area (Å²) in [5.74, 6) is -0.270. The Morgan fingerprint density at radius 1 is 1.06 bits per heavy atom. The van der Waals surface area contributed by atoms with E-state index < -0.39 is 4.92 Å². The van der Waals surface area contributed by atoms with Crippen molar-refractivity contribution in [3.63, 3.8) is 0 Å². The molecule has 0 unspecified atom stereocenters. The van der Waals surface area contributed by atoms with Crippen LogP contribution in [0, 0.1) is 24.0 Å². The van der Waals surface area contributed by atoms with Gasteiger partial charge in [0.05, 0.1) is 21.9 Å². The van der Waals surface area contributed by atoms with E-state index in [1.54, 1.807) is 30.3 Å². The van der Waals surface area contributed by atoms with Crippen LogP contribution in [0.15, 0.2) is 70.5 Å². The molecule has 8 heteroatoms. The van der Waals surface area contributed by atoms with Gasteiger partial charge in [-0.2, -0.15) is 0 Å². The number of nitrogens with zero attached hydrogens (tertiary/aromatic N) is 3. The van der Waals surface area contributed by atoms with Crippen LogP contribution >= 0.6 is 11.6 Å². The Hall–Kier alpha value is -3.97. The smallest absolute Gasteiger partial charge is 0.290 e. The molecule has 0 saturated heterocycles. The highest BCUT2D eigenvalue weighted by Gasteiger charge is 2.18. The lowest BCUT2D eigenvalue weighted by Crippen LogP contribution is -2.21. The first-order valence-corrected chi connectivity index (χ1v) is 10.1. The van der Waals surface area contributed by atoms with Gasteiger partial charge >= 0.3 is 0 Å². The van der Waals surface area contributed by atoms with Crippen molar-refractivity contribution >= 4 is 40.0 Å². The maximum atomic E-state index is 13.2. The predicted octanol–water partition coefficient (Wildman–Crippen LogP) is 5.63. The summed E-state index contributed by atoms with van der Waals surface area (Å²) in [6, 6.07) is 16.6. The molecular weight excluding hydrogens is 430 g/mol. The molecule has 160 valence electrons. The molecule has 0 saturated carbocycles. The molecule has 7 nitrogen and oxygen atoms in total. The topological polar surface area (TPSA) is 97.7 Å². The third-order valence-electron chi connectivity index (χ3n) is 5.17. The molecule has 0 atom stereocenters. The summed E-state index contributed by atoms with van der Waals surface area (Å²) in [7, 11) is 0. The van der Waals surface area contributed by atoms with Gasteiger partial charge in [-0.05, 0) is 43.7 Å². The second-order valence-electron chi connectivity index (χ2n) is 7.36. The molecule has 3 aromatic carbocycles. The van der Waals surface area contributed by atoms with E-state index in [1.807, 2.05) is 26.0 Å². The Labute approximate surface area is 188 Å². The van der Waals surface area contributed by atoms with Gasteiger partial charge in [0.25, 0.3) is 11.2 Å². The Balaban J connectivity index is 1.96. The average Bonchev–Trinajstić information content (AvgIpc) is 2.76. The third-order valence-corrected chi connectivity index (χ3v) is 5.49. The maximum absolute atomic E-state index is 13.2. The summed E-state index contributed by atoms with van der Waals surface area (Å²) >= 11 is 5.87. The van der Waals surface area contributed by atoms with Crippen LogP contribution in [0.5, 0.6) is 5.88 Å². The summed E-state index contributed by atoms with van der Waals surface area (Å²) < 4.78 is 1.25. The van der Waals surface area contributed by atoms with Crippen LogP contribution in [-0.2, 0) is 0 Å². The minimum atomic E-state index is -0.589. The SMILES string of the molecule is Cc1ccc(-n2c(O)c(C=Nc3ccc(Cl)c([N+](=O)[O-])c3)c3ccccc3c2=O)c(C)c1. The first-order valence-electron chi connectivity index (χ1n) is 9.70. The van der Waals surface area contributed by atoms with E-state index in [4.69, 9.17) is 11.6 Å². The fourth-order valence-corrected chi connectivity index (χ4v) is 3.82. The van der Waals surface area contributed by atoms with Crippen molar-refractivity contribution in [2.75, 3.05) is 0 Å². The molecule has 0 amide bonds. The van der Waals surface area contributed by atoms with Gasteiger partial charge in [-0.25, -0.2) is 4.57 Å². The van der Waals surface area contributed by atoms with Crippen LogP contribution in [-0.4, -0.2) is 20.8 Å². The van der Waals surface area contributed by atoms with Gasteiger partial charge in [0.1, 0.15) is 5.02 Å². The number of fused-ring (bicyclic) bond motifs is 1. The van der Waals surface area contributed by atoms with Gasteiger partial charge in [-0.3, -0.25) is 19.9 Å². The number of halogens is 1. The monoisotopic (exact) mass is 447 g/mol. The summed E-state index contributed by atoms with van der Waals surface area (Å²) in [5.41, 5.74) is 2.40. The van der Waals surface area contributed by atoms with Gasteiger partial charge in [0.15, 0.2) is 0 Å². The first-order chi connectivity index (χ1) is 15.3. The minimum absolute atomic E-state index is 0.00522. The molecule has 4 rings (SSSR count). The van der Waals surface area contributed by atoms with Crippen LogP contribution in [0.3, 0.4) is 0 Å². The van der Waals surface area contributed by atoms with E-state index in [2.05, 4.69) is 4.99 Å². The number of aliphatic imine (C=N–C) groups is 1. The maximum Gasteiger partial charge on any atom is 0.290 e. The lowest BCUT2D eigenvalue weighted by Gasteiger charge is -2.16. The van der Waals surface area contributed by atoms with Gasteiger partial charge in [-0.15, -0.1) is 0 Å². The molecule has 4 aromatic rings. The van der Waals surface area contributed by atoms with Gasteiger partial charge < -0.3 is 5.11 Å². The molecule has 0 aliphatic heterocycles. The summed E-state index contributed by atoms with van der Waals surface area (Å²) in [6.07, 6.45) is 1.39. The van der Waals surface area contributed by atoms with Crippen LogP contribution in [0.1, 0.15) is 16.7 Å². The number of aryl methyl sites for hydroxylation is 2. The number of hydrogen-bond donors (Lipinski definition) is 1. The van der Waals surface area contributed by atoms with Crippen LogP contribution in [0.25, 0.3) is 16.5 Å². The standard InChI is InChI=1S/C24H18ClN3O4/c1-14-7-10-21(15(2)11-14)27-23(29)18-6-4-3-5-17(18)19(24(27)30)13-26-16-8-9-20(25)22(12-16)28(31)32/h3-13,30H,1-2H3. The van der Waals surface area contributed by atoms with E-state index in [1.165, 1.54) is 29.0 Å². The predicted molar refractivity (Wildman–Crippen MR) is 126 cm³/mol. The molecule has 0 bridgehead atoms. The van der Waals surface area contributed by atoms with Crippen LogP contribution < -0.4 is 5.56 Å². The highest BCUT2D eigenvalue weighted by Crippen LogP contribution is 2.31. The van der Waals surface area contributed by atoms with E-state index in [0.29, 0.717) is 22.0 Å². The van der Waals surface area contributed by atoms with Crippen molar-refractivity contribution < 1.29 is 10.0 Å². The number of aromatic nitrogens is 1. The number of rotatable bonds is 4. The highest BCUT2D eigenvalue weighted by molar-refractivity contribution is 6.32. The number of pyridine rings is 1. The normalized spacial score (nSPS) is 11.3. The first kappa shape index (κ1) is 21.3. The highest BCUT2D eigenvalue weighted by atomic mass is 35.5. The van der Waals surface area contributed by atoms with E-state index in [9.17, 15) is 20.0 Å². The van der Waals surface area contributed by atoms with Crippen LogP contribution in [0.2, 0.25) is 5.02 Å². The fraction of sp³-hybridized carbons (Fsp3) is 0.0833. The van der Waals surface area contributed by atoms with E-state index in [-0.39, 0.29) is 27.8 Å². The average molecular weight is 448 g/mol. The van der Waals surface area contributed by atoms with E-state index >= 15 is 0 Å². The second-order valence-corrected chi connectivity index (χ2v) is 7.77. The Morgan fingerprint density at radius 3 is 2.47 bits per heavy atom. The molecule has 0 spiro atoms. The third kappa shape index (κ3) is 3.74. The van der Waals surface area contributed by atoms with Crippen molar-refractivity contribution in [2.24, 2.45) is 4.99 Å². The molecule has 1 heterocycles. The zero-order valence-electron chi connectivity index (χ0n) is 17.2. The molecule has 0 aliphatic carbocycles. The molecule has 1 aromatic heterocycles. The van der Waals surface area contributed by atoms with Crippen molar-refractivity contribution in [3.05, 3.63) is 103 Å². The molecular formula is C24H18ClN3O4. The quantitative estimate of drug-likeness (QED) is 0.249. The minimum Gasteiger partial charge on any atom is -0.494 e. The lowest BCUT2D eigenvalue weighted by atomic mass is 10.1. The van der Waals surface area contributed by atoms with E-state index in [0.717, 1.165) is 11.1 Å². The number of aromatic hydroxyl groups is 1. The van der Waals surface area contributed by atoms with Crippen LogP contribution in [0.4, 0.5) is 11.4 Å². The molecule has 32 heavy (non-hydrogen) atoms.